The van der Waals surface area contributed by atoms with E-state index < -0.39 is 10.0 Å². The van der Waals surface area contributed by atoms with E-state index in [1.54, 1.807) is 29.2 Å². The largest absolute Gasteiger partial charge is 0.494 e. The molecule has 1 heterocycles. The first-order chi connectivity index (χ1) is 14.3. The Hall–Kier alpha value is -2.09. The van der Waals surface area contributed by atoms with E-state index in [2.05, 4.69) is 0 Å². The quantitative estimate of drug-likeness (QED) is 0.647. The van der Waals surface area contributed by atoms with E-state index in [0.717, 1.165) is 11.1 Å². The van der Waals surface area contributed by atoms with Gasteiger partial charge in [0.05, 0.1) is 11.5 Å². The van der Waals surface area contributed by atoms with Crippen LogP contribution in [0.2, 0.25) is 5.02 Å². The van der Waals surface area contributed by atoms with Crippen LogP contribution in [-0.2, 0) is 21.2 Å². The molecule has 1 saturated heterocycles. The maximum Gasteiger partial charge on any atom is 0.243 e. The van der Waals surface area contributed by atoms with Gasteiger partial charge in [-0.25, -0.2) is 8.42 Å². The first-order valence-electron chi connectivity index (χ1n) is 10.1. The summed E-state index contributed by atoms with van der Waals surface area (Å²) in [6.45, 7) is 5.71. The molecule has 0 aromatic heterocycles. The summed E-state index contributed by atoms with van der Waals surface area (Å²) in [5.74, 6) is 0.673. The fourth-order valence-corrected chi connectivity index (χ4v) is 5.03. The molecule has 1 aliphatic rings. The van der Waals surface area contributed by atoms with Gasteiger partial charge in [0.1, 0.15) is 5.75 Å². The van der Waals surface area contributed by atoms with Gasteiger partial charge in [-0.15, -0.1) is 0 Å². The van der Waals surface area contributed by atoms with Crippen molar-refractivity contribution in [2.24, 2.45) is 0 Å². The van der Waals surface area contributed by atoms with Crippen LogP contribution in [0.25, 0.3) is 0 Å². The highest BCUT2D eigenvalue weighted by Crippen LogP contribution is 2.22. The monoisotopic (exact) mass is 450 g/mol. The van der Waals surface area contributed by atoms with Gasteiger partial charge in [0.15, 0.2) is 0 Å². The van der Waals surface area contributed by atoms with Crippen LogP contribution in [0.15, 0.2) is 47.4 Å². The molecule has 0 radical (unpaired) electrons. The van der Waals surface area contributed by atoms with Crippen LogP contribution >= 0.6 is 11.6 Å². The number of hydrogen-bond acceptors (Lipinski definition) is 4. The molecular weight excluding hydrogens is 424 g/mol. The Bertz CT molecular complexity index is 985. The molecule has 0 unspecified atom stereocenters. The number of rotatable bonds is 7. The minimum atomic E-state index is -3.58. The lowest BCUT2D eigenvalue weighted by Crippen LogP contribution is -2.50. The third-order valence-corrected chi connectivity index (χ3v) is 7.55. The van der Waals surface area contributed by atoms with Crippen molar-refractivity contribution in [3.8, 4) is 5.75 Å². The third-order valence-electron chi connectivity index (χ3n) is 5.23. The number of carbonyl (C=O) groups is 1. The molecule has 1 aliphatic heterocycles. The molecule has 30 heavy (non-hydrogen) atoms. The molecule has 1 fully saturated rings. The second-order valence-electron chi connectivity index (χ2n) is 7.27. The predicted molar refractivity (Wildman–Crippen MR) is 117 cm³/mol. The maximum atomic E-state index is 12.9. The van der Waals surface area contributed by atoms with Crippen molar-refractivity contribution in [2.45, 2.75) is 31.6 Å². The van der Waals surface area contributed by atoms with Crippen LogP contribution in [0.1, 0.15) is 24.5 Å². The molecule has 0 N–H and O–H groups in total. The van der Waals surface area contributed by atoms with Crippen LogP contribution in [0.4, 0.5) is 0 Å². The Morgan fingerprint density at radius 2 is 1.73 bits per heavy atom. The number of carbonyl (C=O) groups excluding carboxylic acids is 1. The van der Waals surface area contributed by atoms with E-state index in [1.165, 1.54) is 4.31 Å². The molecule has 0 atom stereocenters. The van der Waals surface area contributed by atoms with Crippen LogP contribution in [-0.4, -0.2) is 56.3 Å². The lowest BCUT2D eigenvalue weighted by Gasteiger charge is -2.34. The predicted octanol–water partition coefficient (Wildman–Crippen LogP) is 3.51. The molecule has 162 valence electrons. The highest BCUT2D eigenvalue weighted by atomic mass is 35.5. The zero-order valence-corrected chi connectivity index (χ0v) is 18.9. The Balaban J connectivity index is 1.54. The Labute approximate surface area is 183 Å². The van der Waals surface area contributed by atoms with Gasteiger partial charge in [0, 0.05) is 37.6 Å². The van der Waals surface area contributed by atoms with E-state index in [1.807, 2.05) is 32.0 Å². The number of halogens is 1. The smallest absolute Gasteiger partial charge is 0.243 e. The Morgan fingerprint density at radius 1 is 1.07 bits per heavy atom. The van der Waals surface area contributed by atoms with E-state index in [9.17, 15) is 13.2 Å². The van der Waals surface area contributed by atoms with Crippen molar-refractivity contribution >= 4 is 27.5 Å². The van der Waals surface area contributed by atoms with Gasteiger partial charge in [-0.2, -0.15) is 4.31 Å². The highest BCUT2D eigenvalue weighted by Gasteiger charge is 2.30. The summed E-state index contributed by atoms with van der Waals surface area (Å²) in [4.78, 5) is 14.5. The van der Waals surface area contributed by atoms with Gasteiger partial charge in [-0.05, 0) is 61.7 Å². The number of benzene rings is 2. The minimum absolute atomic E-state index is 0.0322. The summed E-state index contributed by atoms with van der Waals surface area (Å²) in [7, 11) is -3.58. The lowest BCUT2D eigenvalue weighted by molar-refractivity contribution is -0.132. The van der Waals surface area contributed by atoms with Crippen molar-refractivity contribution in [2.75, 3.05) is 32.8 Å². The number of nitrogens with zero attached hydrogens (tertiary/aromatic N) is 2. The lowest BCUT2D eigenvalue weighted by atomic mass is 10.1. The van der Waals surface area contributed by atoms with E-state index in [-0.39, 0.29) is 23.9 Å². The van der Waals surface area contributed by atoms with Gasteiger partial charge >= 0.3 is 0 Å². The molecule has 0 spiro atoms. The zero-order valence-electron chi connectivity index (χ0n) is 17.3. The topological polar surface area (TPSA) is 66.9 Å². The Kier molecular flexibility index (Phi) is 7.39. The first kappa shape index (κ1) is 22.6. The van der Waals surface area contributed by atoms with E-state index in [0.29, 0.717) is 43.3 Å². The fourth-order valence-electron chi connectivity index (χ4n) is 3.40. The standard InChI is InChI=1S/C22H27ClN2O4S/c1-3-29-19-7-9-20(10-8-19)30(27,28)25-14-12-24(13-15-25)22(26)11-6-18-5-4-17(2)21(23)16-18/h4-5,7-10,16H,3,6,11-15H2,1-2H3. The summed E-state index contributed by atoms with van der Waals surface area (Å²) in [5.41, 5.74) is 2.03. The molecule has 1 amide bonds. The van der Waals surface area contributed by atoms with Crippen LogP contribution < -0.4 is 4.74 Å². The molecule has 0 aliphatic carbocycles. The normalized spacial score (nSPS) is 15.2. The highest BCUT2D eigenvalue weighted by molar-refractivity contribution is 7.89. The fraction of sp³-hybridized carbons (Fsp3) is 0.409. The number of ether oxygens (including phenoxy) is 1. The number of hydrogen-bond donors (Lipinski definition) is 0. The van der Waals surface area contributed by atoms with Gasteiger partial charge < -0.3 is 9.64 Å². The average Bonchev–Trinajstić information content (AvgIpc) is 2.75. The summed E-state index contributed by atoms with van der Waals surface area (Å²) in [5, 5.41) is 0.702. The summed E-state index contributed by atoms with van der Waals surface area (Å²) in [6, 6.07) is 12.3. The van der Waals surface area contributed by atoms with Crippen molar-refractivity contribution in [1.82, 2.24) is 9.21 Å². The number of piperazine rings is 1. The Morgan fingerprint density at radius 3 is 2.33 bits per heavy atom. The molecule has 8 heteroatoms. The van der Waals surface area contributed by atoms with Crippen molar-refractivity contribution in [3.05, 3.63) is 58.6 Å². The second-order valence-corrected chi connectivity index (χ2v) is 9.62. The first-order valence-corrected chi connectivity index (χ1v) is 11.9. The van der Waals surface area contributed by atoms with Crippen LogP contribution in [0.3, 0.4) is 0 Å². The molecule has 2 aromatic rings. The summed E-state index contributed by atoms with van der Waals surface area (Å²) in [6.07, 6.45) is 0.995. The van der Waals surface area contributed by atoms with E-state index >= 15 is 0 Å². The number of aryl methyl sites for hydroxylation is 2. The van der Waals surface area contributed by atoms with Crippen molar-refractivity contribution in [1.29, 1.82) is 0 Å². The zero-order chi connectivity index (χ0) is 21.7. The molecule has 3 rings (SSSR count). The SMILES string of the molecule is CCOc1ccc(S(=O)(=O)N2CCN(C(=O)CCc3ccc(C)c(Cl)c3)CC2)cc1. The van der Waals surface area contributed by atoms with Gasteiger partial charge in [0.2, 0.25) is 15.9 Å². The molecule has 0 bridgehead atoms. The van der Waals surface area contributed by atoms with Crippen LogP contribution in [0.5, 0.6) is 5.75 Å². The van der Waals surface area contributed by atoms with Crippen molar-refractivity contribution < 1.29 is 17.9 Å². The van der Waals surface area contributed by atoms with Gasteiger partial charge in [0.25, 0.3) is 0 Å². The van der Waals surface area contributed by atoms with Gasteiger partial charge in [-0.3, -0.25) is 4.79 Å². The van der Waals surface area contributed by atoms with Crippen molar-refractivity contribution in [3.63, 3.8) is 0 Å². The van der Waals surface area contributed by atoms with E-state index in [4.69, 9.17) is 16.3 Å². The molecule has 0 saturated carbocycles. The number of amides is 1. The summed E-state index contributed by atoms with van der Waals surface area (Å²) < 4.78 is 32.5. The maximum absolute atomic E-state index is 12.9. The minimum Gasteiger partial charge on any atom is -0.494 e. The molecule has 2 aromatic carbocycles. The third kappa shape index (κ3) is 5.33. The number of sulfonamides is 1. The average molecular weight is 451 g/mol. The summed E-state index contributed by atoms with van der Waals surface area (Å²) >= 11 is 6.15. The second kappa shape index (κ2) is 9.81. The molecular formula is C22H27ClN2O4S. The van der Waals surface area contributed by atoms with Crippen LogP contribution in [0, 0.1) is 6.92 Å². The molecule has 6 nitrogen and oxygen atoms in total. The van der Waals surface area contributed by atoms with Gasteiger partial charge in [-0.1, -0.05) is 23.7 Å².